The number of fused-ring (bicyclic) bond motifs is 1. The minimum atomic E-state index is -1.05. The molecule has 92 valence electrons. The fraction of sp³-hybridized carbons (Fsp3) is 0.214. The summed E-state index contributed by atoms with van der Waals surface area (Å²) in [6.07, 6.45) is 0. The number of phenolic OH excluding ortho intramolecular Hbond substituents is 1. The molecule has 0 bridgehead atoms. The molecule has 2 aromatic carbocycles. The molecule has 1 aliphatic heterocycles. The lowest BCUT2D eigenvalue weighted by atomic mass is 9.98. The van der Waals surface area contributed by atoms with Crippen LogP contribution in [0.1, 0.15) is 12.5 Å². The van der Waals surface area contributed by atoms with Gasteiger partial charge in [-0.3, -0.25) is 0 Å². The number of hydrogen-bond donors (Lipinski definition) is 1. The number of cyclic esters (lactones) is 1. The Morgan fingerprint density at radius 3 is 2.83 bits per heavy atom. The summed E-state index contributed by atoms with van der Waals surface area (Å²) in [5, 5.41) is 11.2. The number of carbonyl (C=O) groups excluding carboxylic acids is 1. The Morgan fingerprint density at radius 1 is 1.28 bits per heavy atom. The largest absolute Gasteiger partial charge is 0.508 e. The third kappa shape index (κ3) is 1.62. The standard InChI is InChI=1S/C14H12O4/c1-14(17-8-13(16)18-14)12-4-2-3-9-7-10(15)5-6-11(9)12/h2-7,15H,8H2,1H3. The fourth-order valence-electron chi connectivity index (χ4n) is 2.27. The molecule has 0 aromatic heterocycles. The monoisotopic (exact) mass is 244 g/mol. The summed E-state index contributed by atoms with van der Waals surface area (Å²) in [5.41, 5.74) is 0.783. The Kier molecular flexibility index (Phi) is 2.28. The summed E-state index contributed by atoms with van der Waals surface area (Å²) in [5.74, 6) is -1.21. The van der Waals surface area contributed by atoms with Gasteiger partial charge in [0.05, 0.1) is 0 Å². The van der Waals surface area contributed by atoms with Gasteiger partial charge in [-0.15, -0.1) is 0 Å². The van der Waals surface area contributed by atoms with Crippen LogP contribution < -0.4 is 0 Å². The molecular weight excluding hydrogens is 232 g/mol. The number of benzene rings is 2. The Balaban J connectivity index is 2.20. The van der Waals surface area contributed by atoms with Crippen molar-refractivity contribution in [2.24, 2.45) is 0 Å². The van der Waals surface area contributed by atoms with E-state index in [9.17, 15) is 9.90 Å². The summed E-state index contributed by atoms with van der Waals surface area (Å²) in [7, 11) is 0. The molecule has 1 N–H and O–H groups in total. The van der Waals surface area contributed by atoms with Gasteiger partial charge in [-0.05, 0) is 22.9 Å². The van der Waals surface area contributed by atoms with E-state index in [4.69, 9.17) is 9.47 Å². The highest BCUT2D eigenvalue weighted by atomic mass is 16.8. The van der Waals surface area contributed by atoms with Crippen molar-refractivity contribution < 1.29 is 19.4 Å². The van der Waals surface area contributed by atoms with Crippen molar-refractivity contribution in [2.75, 3.05) is 6.61 Å². The summed E-state index contributed by atoms with van der Waals surface area (Å²) < 4.78 is 10.7. The van der Waals surface area contributed by atoms with Crippen LogP contribution in [0.5, 0.6) is 5.75 Å². The molecule has 0 saturated carbocycles. The molecule has 0 amide bonds. The SMILES string of the molecule is CC1(c2cccc3cc(O)ccc23)OCC(=O)O1. The maximum atomic E-state index is 11.2. The zero-order valence-electron chi connectivity index (χ0n) is 9.84. The average Bonchev–Trinajstić information content (AvgIpc) is 2.69. The van der Waals surface area contributed by atoms with Crippen molar-refractivity contribution >= 4 is 16.7 Å². The van der Waals surface area contributed by atoms with Gasteiger partial charge in [-0.2, -0.15) is 0 Å². The number of hydrogen-bond acceptors (Lipinski definition) is 4. The van der Waals surface area contributed by atoms with Crippen LogP contribution in [0.4, 0.5) is 0 Å². The molecule has 2 aromatic rings. The Hall–Kier alpha value is -2.07. The Morgan fingerprint density at radius 2 is 2.11 bits per heavy atom. The van der Waals surface area contributed by atoms with E-state index >= 15 is 0 Å². The van der Waals surface area contributed by atoms with Crippen LogP contribution in [0, 0.1) is 0 Å². The molecule has 3 rings (SSSR count). The highest BCUT2D eigenvalue weighted by Crippen LogP contribution is 2.36. The molecule has 18 heavy (non-hydrogen) atoms. The first-order chi connectivity index (χ1) is 8.58. The lowest BCUT2D eigenvalue weighted by molar-refractivity contribution is -0.169. The third-order valence-electron chi connectivity index (χ3n) is 3.13. The molecule has 1 unspecified atom stereocenters. The number of ether oxygens (including phenoxy) is 2. The van der Waals surface area contributed by atoms with E-state index in [0.717, 1.165) is 16.3 Å². The van der Waals surface area contributed by atoms with Crippen molar-refractivity contribution in [1.29, 1.82) is 0 Å². The van der Waals surface area contributed by atoms with Crippen LogP contribution in [0.2, 0.25) is 0 Å². The number of carbonyl (C=O) groups is 1. The summed E-state index contributed by atoms with van der Waals surface area (Å²) in [4.78, 5) is 11.2. The van der Waals surface area contributed by atoms with Gasteiger partial charge in [0, 0.05) is 12.5 Å². The Bertz CT molecular complexity index is 635. The highest BCUT2D eigenvalue weighted by Gasteiger charge is 2.39. The van der Waals surface area contributed by atoms with Crippen LogP contribution in [-0.4, -0.2) is 17.7 Å². The number of aromatic hydroxyl groups is 1. The van der Waals surface area contributed by atoms with E-state index in [2.05, 4.69) is 0 Å². The highest BCUT2D eigenvalue weighted by molar-refractivity contribution is 5.88. The molecule has 0 radical (unpaired) electrons. The molecule has 1 aliphatic rings. The van der Waals surface area contributed by atoms with E-state index in [0.29, 0.717) is 0 Å². The molecule has 1 heterocycles. The van der Waals surface area contributed by atoms with Crippen molar-refractivity contribution in [3.05, 3.63) is 42.0 Å². The van der Waals surface area contributed by atoms with Crippen molar-refractivity contribution in [3.8, 4) is 5.75 Å². The molecule has 4 heteroatoms. The van der Waals surface area contributed by atoms with Gasteiger partial charge >= 0.3 is 5.97 Å². The zero-order chi connectivity index (χ0) is 12.8. The molecule has 1 saturated heterocycles. The van der Waals surface area contributed by atoms with Crippen LogP contribution in [0.25, 0.3) is 10.8 Å². The molecule has 0 aliphatic carbocycles. The van der Waals surface area contributed by atoms with Gasteiger partial charge in [0.2, 0.25) is 5.79 Å². The number of rotatable bonds is 1. The smallest absolute Gasteiger partial charge is 0.335 e. The summed E-state index contributed by atoms with van der Waals surface area (Å²) in [6.45, 7) is 1.69. The predicted octanol–water partition coefficient (Wildman–Crippen LogP) is 2.29. The fourth-order valence-corrected chi connectivity index (χ4v) is 2.27. The zero-order valence-corrected chi connectivity index (χ0v) is 9.84. The van der Waals surface area contributed by atoms with E-state index in [1.165, 1.54) is 0 Å². The first-order valence-corrected chi connectivity index (χ1v) is 5.66. The average molecular weight is 244 g/mol. The van der Waals surface area contributed by atoms with E-state index in [-0.39, 0.29) is 18.3 Å². The van der Waals surface area contributed by atoms with Crippen LogP contribution in [0.15, 0.2) is 36.4 Å². The van der Waals surface area contributed by atoms with Gasteiger partial charge in [-0.25, -0.2) is 4.79 Å². The van der Waals surface area contributed by atoms with Crippen LogP contribution >= 0.6 is 0 Å². The first-order valence-electron chi connectivity index (χ1n) is 5.66. The molecular formula is C14H12O4. The minimum absolute atomic E-state index is 0.0367. The van der Waals surface area contributed by atoms with Gasteiger partial charge in [-0.1, -0.05) is 24.3 Å². The third-order valence-corrected chi connectivity index (χ3v) is 3.13. The molecule has 0 spiro atoms. The van der Waals surface area contributed by atoms with Gasteiger partial charge < -0.3 is 14.6 Å². The van der Waals surface area contributed by atoms with Crippen molar-refractivity contribution in [1.82, 2.24) is 0 Å². The summed E-state index contributed by atoms with van der Waals surface area (Å²) in [6, 6.07) is 10.7. The van der Waals surface area contributed by atoms with E-state index < -0.39 is 5.79 Å². The second-order valence-electron chi connectivity index (χ2n) is 4.42. The lowest BCUT2D eigenvalue weighted by Gasteiger charge is -2.23. The van der Waals surface area contributed by atoms with Crippen LogP contribution in [-0.2, 0) is 20.1 Å². The van der Waals surface area contributed by atoms with Crippen molar-refractivity contribution in [3.63, 3.8) is 0 Å². The summed E-state index contributed by atoms with van der Waals surface area (Å²) >= 11 is 0. The van der Waals surface area contributed by atoms with E-state index in [1.807, 2.05) is 18.2 Å². The molecule has 1 fully saturated rings. The topological polar surface area (TPSA) is 55.8 Å². The molecule has 1 atom stereocenters. The maximum Gasteiger partial charge on any atom is 0.335 e. The number of phenols is 1. The lowest BCUT2D eigenvalue weighted by Crippen LogP contribution is -2.23. The normalized spacial score (nSPS) is 23.3. The minimum Gasteiger partial charge on any atom is -0.508 e. The van der Waals surface area contributed by atoms with E-state index in [1.54, 1.807) is 25.1 Å². The maximum absolute atomic E-state index is 11.2. The molecule has 4 nitrogen and oxygen atoms in total. The second-order valence-corrected chi connectivity index (χ2v) is 4.42. The van der Waals surface area contributed by atoms with Crippen molar-refractivity contribution in [2.45, 2.75) is 12.7 Å². The first kappa shape index (κ1) is 11.0. The van der Waals surface area contributed by atoms with Crippen LogP contribution in [0.3, 0.4) is 0 Å². The quantitative estimate of drug-likeness (QED) is 0.782. The number of esters is 1. The Labute approximate surface area is 104 Å². The van der Waals surface area contributed by atoms with Gasteiger partial charge in [0.1, 0.15) is 12.4 Å². The van der Waals surface area contributed by atoms with Gasteiger partial charge in [0.15, 0.2) is 0 Å². The van der Waals surface area contributed by atoms with Gasteiger partial charge in [0.25, 0.3) is 0 Å². The second kappa shape index (κ2) is 3.71. The predicted molar refractivity (Wildman–Crippen MR) is 65.0 cm³/mol.